The van der Waals surface area contributed by atoms with E-state index < -0.39 is 0 Å². The lowest BCUT2D eigenvalue weighted by Gasteiger charge is -2.13. The van der Waals surface area contributed by atoms with E-state index >= 15 is 0 Å². The van der Waals surface area contributed by atoms with Gasteiger partial charge in [0.2, 0.25) is 5.95 Å². The molecule has 78 valence electrons. The van der Waals surface area contributed by atoms with Gasteiger partial charge in [-0.15, -0.1) is 0 Å². The van der Waals surface area contributed by atoms with Gasteiger partial charge in [-0.2, -0.15) is 0 Å². The fraction of sp³-hybridized carbons (Fsp3) is 0.500. The molecule has 0 aromatic carbocycles. The van der Waals surface area contributed by atoms with Gasteiger partial charge in [0.25, 0.3) is 0 Å². The number of nitrogens with zero attached hydrogens (tertiary/aromatic N) is 2. The molecule has 0 radical (unpaired) electrons. The summed E-state index contributed by atoms with van der Waals surface area (Å²) in [6.07, 6.45) is 1.25. The Kier molecular flexibility index (Phi) is 4.58. The van der Waals surface area contributed by atoms with Crippen molar-refractivity contribution >= 4 is 17.5 Å². The van der Waals surface area contributed by atoms with Crippen LogP contribution in [0.15, 0.2) is 12.3 Å². The highest BCUT2D eigenvalue weighted by Gasteiger charge is 2.05. The molecule has 1 rings (SSSR count). The Morgan fingerprint density at radius 1 is 1.50 bits per heavy atom. The molecule has 0 bridgehead atoms. The van der Waals surface area contributed by atoms with E-state index in [-0.39, 0.29) is 6.29 Å². The quantitative estimate of drug-likeness (QED) is 0.593. The van der Waals surface area contributed by atoms with Crippen molar-refractivity contribution in [3.05, 3.63) is 17.4 Å². The standard InChI is InChI=1S/C8H12ClN3O2/c1-13-7(14-2)5-11-8-10-4-3-6(9)12-8/h3-4,7H,5H2,1-2H3,(H,10,11,12). The zero-order valence-corrected chi connectivity index (χ0v) is 8.78. The van der Waals surface area contributed by atoms with E-state index in [1.54, 1.807) is 26.5 Å². The summed E-state index contributed by atoms with van der Waals surface area (Å²) in [6, 6.07) is 1.61. The van der Waals surface area contributed by atoms with Crippen LogP contribution < -0.4 is 5.32 Å². The van der Waals surface area contributed by atoms with Crippen LogP contribution in [0.1, 0.15) is 0 Å². The molecule has 5 nitrogen and oxygen atoms in total. The third-order valence-electron chi connectivity index (χ3n) is 1.57. The van der Waals surface area contributed by atoms with E-state index in [1.165, 1.54) is 0 Å². The Balaban J connectivity index is 2.44. The largest absolute Gasteiger partial charge is 0.354 e. The van der Waals surface area contributed by atoms with Crippen molar-refractivity contribution in [1.29, 1.82) is 0 Å². The Labute approximate surface area is 87.4 Å². The molecule has 0 unspecified atom stereocenters. The Bertz CT molecular complexity index is 281. The van der Waals surface area contributed by atoms with Crippen LogP contribution in [0.2, 0.25) is 5.15 Å². The molecule has 0 aliphatic carbocycles. The minimum Gasteiger partial charge on any atom is -0.354 e. The molecule has 0 aliphatic heterocycles. The van der Waals surface area contributed by atoms with Crippen molar-refractivity contribution in [3.8, 4) is 0 Å². The number of hydrogen-bond donors (Lipinski definition) is 1. The van der Waals surface area contributed by atoms with E-state index in [4.69, 9.17) is 21.1 Å². The number of halogens is 1. The summed E-state index contributed by atoms with van der Waals surface area (Å²) in [5, 5.41) is 3.33. The molecule has 1 heterocycles. The lowest BCUT2D eigenvalue weighted by Crippen LogP contribution is -2.24. The van der Waals surface area contributed by atoms with E-state index in [0.29, 0.717) is 17.6 Å². The van der Waals surface area contributed by atoms with Gasteiger partial charge in [-0.05, 0) is 6.07 Å². The summed E-state index contributed by atoms with van der Waals surface area (Å²) in [7, 11) is 3.13. The number of methoxy groups -OCH3 is 2. The van der Waals surface area contributed by atoms with Gasteiger partial charge in [0.05, 0.1) is 6.54 Å². The summed E-state index contributed by atoms with van der Waals surface area (Å²) in [5.41, 5.74) is 0. The normalized spacial score (nSPS) is 10.6. The van der Waals surface area contributed by atoms with Crippen molar-refractivity contribution < 1.29 is 9.47 Å². The fourth-order valence-electron chi connectivity index (χ4n) is 0.859. The highest BCUT2D eigenvalue weighted by molar-refractivity contribution is 6.29. The SMILES string of the molecule is COC(CNc1nccc(Cl)n1)OC. The molecule has 14 heavy (non-hydrogen) atoms. The average Bonchev–Trinajstić information content (AvgIpc) is 2.19. The van der Waals surface area contributed by atoms with E-state index in [9.17, 15) is 0 Å². The van der Waals surface area contributed by atoms with Crippen molar-refractivity contribution in [2.75, 3.05) is 26.1 Å². The smallest absolute Gasteiger partial charge is 0.224 e. The summed E-state index contributed by atoms with van der Waals surface area (Å²) >= 11 is 5.67. The lowest BCUT2D eigenvalue weighted by molar-refractivity contribution is -0.0914. The first-order chi connectivity index (χ1) is 6.76. The van der Waals surface area contributed by atoms with Crippen molar-refractivity contribution in [2.24, 2.45) is 0 Å². The number of anilines is 1. The highest BCUT2D eigenvalue weighted by Crippen LogP contribution is 2.05. The van der Waals surface area contributed by atoms with Gasteiger partial charge < -0.3 is 14.8 Å². The molecule has 0 fully saturated rings. The molecule has 0 saturated carbocycles. The Morgan fingerprint density at radius 3 is 2.79 bits per heavy atom. The van der Waals surface area contributed by atoms with Crippen LogP contribution in [0.25, 0.3) is 0 Å². The van der Waals surface area contributed by atoms with Gasteiger partial charge in [0, 0.05) is 20.4 Å². The van der Waals surface area contributed by atoms with Crippen molar-refractivity contribution in [3.63, 3.8) is 0 Å². The first kappa shape index (κ1) is 11.2. The molecule has 1 N–H and O–H groups in total. The molecule has 0 amide bonds. The molecular formula is C8H12ClN3O2. The van der Waals surface area contributed by atoms with Gasteiger partial charge in [-0.1, -0.05) is 11.6 Å². The van der Waals surface area contributed by atoms with E-state index in [2.05, 4.69) is 15.3 Å². The predicted octanol–water partition coefficient (Wildman–Crippen LogP) is 1.16. The molecule has 0 atom stereocenters. The van der Waals surface area contributed by atoms with Gasteiger partial charge in [-0.25, -0.2) is 9.97 Å². The van der Waals surface area contributed by atoms with Crippen LogP contribution in [-0.4, -0.2) is 37.0 Å². The molecule has 1 aromatic heterocycles. The van der Waals surface area contributed by atoms with Gasteiger partial charge in [0.1, 0.15) is 5.15 Å². The number of ether oxygens (including phenoxy) is 2. The number of hydrogen-bond acceptors (Lipinski definition) is 5. The van der Waals surface area contributed by atoms with Gasteiger partial charge >= 0.3 is 0 Å². The summed E-state index contributed by atoms with van der Waals surface area (Å²) in [5.74, 6) is 0.455. The molecule has 1 aromatic rings. The van der Waals surface area contributed by atoms with E-state index in [0.717, 1.165) is 0 Å². The maximum Gasteiger partial charge on any atom is 0.224 e. The van der Waals surface area contributed by atoms with Gasteiger partial charge in [-0.3, -0.25) is 0 Å². The second-order valence-corrected chi connectivity index (χ2v) is 2.87. The maximum atomic E-state index is 5.67. The van der Waals surface area contributed by atoms with Crippen LogP contribution in [0.4, 0.5) is 5.95 Å². The zero-order valence-electron chi connectivity index (χ0n) is 8.03. The van der Waals surface area contributed by atoms with Crippen LogP contribution in [0.5, 0.6) is 0 Å². The molecule has 0 saturated heterocycles. The average molecular weight is 218 g/mol. The maximum absolute atomic E-state index is 5.67. The Hall–Kier alpha value is -0.910. The second kappa shape index (κ2) is 5.74. The van der Waals surface area contributed by atoms with Gasteiger partial charge in [0.15, 0.2) is 6.29 Å². The highest BCUT2D eigenvalue weighted by atomic mass is 35.5. The third kappa shape index (κ3) is 3.45. The third-order valence-corrected chi connectivity index (χ3v) is 1.78. The molecule has 0 aliphatic rings. The van der Waals surface area contributed by atoms with Crippen molar-refractivity contribution in [1.82, 2.24) is 9.97 Å². The summed E-state index contributed by atoms with van der Waals surface area (Å²) in [4.78, 5) is 7.91. The first-order valence-corrected chi connectivity index (χ1v) is 4.42. The minimum absolute atomic E-state index is 0.322. The zero-order chi connectivity index (χ0) is 10.4. The number of nitrogens with one attached hydrogen (secondary N) is 1. The predicted molar refractivity (Wildman–Crippen MR) is 53.3 cm³/mol. The number of rotatable bonds is 5. The first-order valence-electron chi connectivity index (χ1n) is 4.04. The fourth-order valence-corrected chi connectivity index (χ4v) is 0.996. The topological polar surface area (TPSA) is 56.3 Å². The molecular weight excluding hydrogens is 206 g/mol. The number of aromatic nitrogens is 2. The van der Waals surface area contributed by atoms with Crippen molar-refractivity contribution in [2.45, 2.75) is 6.29 Å². The van der Waals surface area contributed by atoms with Crippen LogP contribution in [0.3, 0.4) is 0 Å². The minimum atomic E-state index is -0.322. The molecule has 6 heteroatoms. The van der Waals surface area contributed by atoms with E-state index in [1.807, 2.05) is 0 Å². The van der Waals surface area contributed by atoms with Crippen LogP contribution >= 0.6 is 11.6 Å². The lowest BCUT2D eigenvalue weighted by atomic mass is 10.6. The summed E-state index contributed by atoms with van der Waals surface area (Å²) in [6.45, 7) is 0.466. The second-order valence-electron chi connectivity index (χ2n) is 2.48. The van der Waals surface area contributed by atoms with Crippen LogP contribution in [0, 0.1) is 0 Å². The van der Waals surface area contributed by atoms with Crippen LogP contribution in [-0.2, 0) is 9.47 Å². The Morgan fingerprint density at radius 2 is 2.21 bits per heavy atom. The summed E-state index contributed by atoms with van der Waals surface area (Å²) < 4.78 is 9.96. The monoisotopic (exact) mass is 217 g/mol. The molecule has 0 spiro atoms.